The lowest BCUT2D eigenvalue weighted by atomic mass is 10.1. The smallest absolute Gasteiger partial charge is 0.171 e. The van der Waals surface area contributed by atoms with Crippen LogP contribution in [0.1, 0.15) is 5.56 Å². The minimum Gasteiger partial charge on any atom is -0.356 e. The SMILES string of the molecule is CNCc1cc(Br)cc2cnoc12. The molecule has 0 bridgehead atoms. The molecule has 0 fully saturated rings. The Morgan fingerprint density at radius 2 is 2.38 bits per heavy atom. The number of rotatable bonds is 2. The molecule has 0 aliphatic rings. The normalized spacial score (nSPS) is 10.9. The average Bonchev–Trinajstić information content (AvgIpc) is 2.52. The van der Waals surface area contributed by atoms with Crippen molar-refractivity contribution < 1.29 is 4.52 Å². The maximum Gasteiger partial charge on any atom is 0.171 e. The van der Waals surface area contributed by atoms with Crippen molar-refractivity contribution in [2.45, 2.75) is 6.54 Å². The molecule has 3 nitrogen and oxygen atoms in total. The van der Waals surface area contributed by atoms with Crippen LogP contribution in [0.25, 0.3) is 11.0 Å². The van der Waals surface area contributed by atoms with Crippen molar-refractivity contribution in [3.63, 3.8) is 0 Å². The Balaban J connectivity index is 2.63. The molecule has 0 saturated carbocycles. The van der Waals surface area contributed by atoms with Gasteiger partial charge in [-0.15, -0.1) is 0 Å². The Labute approximate surface area is 84.2 Å². The molecule has 4 heteroatoms. The summed E-state index contributed by atoms with van der Waals surface area (Å²) in [7, 11) is 1.91. The Hall–Kier alpha value is -0.870. The largest absolute Gasteiger partial charge is 0.356 e. The highest BCUT2D eigenvalue weighted by Crippen LogP contribution is 2.23. The highest BCUT2D eigenvalue weighted by molar-refractivity contribution is 9.10. The predicted octanol–water partition coefficient (Wildman–Crippen LogP) is 2.31. The molecule has 0 spiro atoms. The summed E-state index contributed by atoms with van der Waals surface area (Å²) in [5, 5.41) is 7.87. The van der Waals surface area contributed by atoms with Gasteiger partial charge in [-0.05, 0) is 19.2 Å². The molecule has 1 N–H and O–H groups in total. The Morgan fingerprint density at radius 1 is 1.54 bits per heavy atom. The minimum atomic E-state index is 0.783. The zero-order valence-corrected chi connectivity index (χ0v) is 8.76. The van der Waals surface area contributed by atoms with E-state index in [1.54, 1.807) is 6.20 Å². The van der Waals surface area contributed by atoms with Crippen LogP contribution in [0.5, 0.6) is 0 Å². The molecule has 0 unspecified atom stereocenters. The van der Waals surface area contributed by atoms with Crippen LogP contribution < -0.4 is 5.32 Å². The molecule has 0 saturated heterocycles. The van der Waals surface area contributed by atoms with Crippen LogP contribution in [0.15, 0.2) is 27.3 Å². The third-order valence-electron chi connectivity index (χ3n) is 1.86. The summed E-state index contributed by atoms with van der Waals surface area (Å²) in [4.78, 5) is 0. The van der Waals surface area contributed by atoms with Gasteiger partial charge in [0.2, 0.25) is 0 Å². The fraction of sp³-hybridized carbons (Fsp3) is 0.222. The van der Waals surface area contributed by atoms with E-state index >= 15 is 0 Å². The van der Waals surface area contributed by atoms with E-state index in [-0.39, 0.29) is 0 Å². The molecule has 1 heterocycles. The lowest BCUT2D eigenvalue weighted by Crippen LogP contribution is -2.05. The molecular weight excluding hydrogens is 232 g/mol. The topological polar surface area (TPSA) is 38.1 Å². The number of halogens is 1. The Morgan fingerprint density at radius 3 is 3.15 bits per heavy atom. The van der Waals surface area contributed by atoms with E-state index in [0.717, 1.165) is 27.6 Å². The fourth-order valence-corrected chi connectivity index (χ4v) is 1.86. The monoisotopic (exact) mass is 240 g/mol. The summed E-state index contributed by atoms with van der Waals surface area (Å²) in [6, 6.07) is 4.02. The number of nitrogens with one attached hydrogen (secondary N) is 1. The second kappa shape index (κ2) is 3.47. The number of nitrogens with zero attached hydrogens (tertiary/aromatic N) is 1. The molecule has 0 aliphatic carbocycles. The lowest BCUT2D eigenvalue weighted by molar-refractivity contribution is 0.453. The standard InChI is InChI=1S/C9H9BrN2O/c1-11-4-6-2-8(10)3-7-5-12-13-9(6)7/h2-3,5,11H,4H2,1H3. The zero-order valence-electron chi connectivity index (χ0n) is 7.17. The Kier molecular flexibility index (Phi) is 2.33. The van der Waals surface area contributed by atoms with Crippen molar-refractivity contribution in [3.05, 3.63) is 28.4 Å². The van der Waals surface area contributed by atoms with E-state index in [1.807, 2.05) is 19.2 Å². The van der Waals surface area contributed by atoms with Gasteiger partial charge in [-0.25, -0.2) is 0 Å². The van der Waals surface area contributed by atoms with E-state index in [9.17, 15) is 0 Å². The van der Waals surface area contributed by atoms with Crippen molar-refractivity contribution in [3.8, 4) is 0 Å². The summed E-state index contributed by atoms with van der Waals surface area (Å²) in [6.45, 7) is 0.783. The number of hydrogen-bond acceptors (Lipinski definition) is 3. The van der Waals surface area contributed by atoms with E-state index in [2.05, 4.69) is 26.4 Å². The number of aromatic nitrogens is 1. The molecule has 0 atom stereocenters. The third-order valence-corrected chi connectivity index (χ3v) is 2.32. The van der Waals surface area contributed by atoms with Gasteiger partial charge in [-0.2, -0.15) is 0 Å². The lowest BCUT2D eigenvalue weighted by Gasteiger charge is -2.00. The van der Waals surface area contributed by atoms with Crippen LogP contribution in [0.4, 0.5) is 0 Å². The van der Waals surface area contributed by atoms with Gasteiger partial charge >= 0.3 is 0 Å². The van der Waals surface area contributed by atoms with Crippen LogP contribution in [0, 0.1) is 0 Å². The van der Waals surface area contributed by atoms with Gasteiger partial charge in [-0.1, -0.05) is 21.1 Å². The van der Waals surface area contributed by atoms with Crippen LogP contribution in [-0.2, 0) is 6.54 Å². The summed E-state index contributed by atoms with van der Waals surface area (Å²) < 4.78 is 6.20. The molecule has 0 amide bonds. The first-order valence-electron chi connectivity index (χ1n) is 3.98. The molecule has 0 radical (unpaired) electrons. The van der Waals surface area contributed by atoms with Crippen LogP contribution in [0.2, 0.25) is 0 Å². The molecule has 1 aromatic carbocycles. The molecule has 2 rings (SSSR count). The first kappa shape index (κ1) is 8.72. The summed E-state index contributed by atoms with van der Waals surface area (Å²) in [5.74, 6) is 0. The van der Waals surface area contributed by atoms with Crippen molar-refractivity contribution in [1.82, 2.24) is 10.5 Å². The van der Waals surface area contributed by atoms with E-state index in [0.29, 0.717) is 0 Å². The first-order valence-corrected chi connectivity index (χ1v) is 4.78. The zero-order chi connectivity index (χ0) is 9.26. The van der Waals surface area contributed by atoms with Crippen molar-refractivity contribution in [2.75, 3.05) is 7.05 Å². The minimum absolute atomic E-state index is 0.783. The highest BCUT2D eigenvalue weighted by Gasteiger charge is 2.06. The van der Waals surface area contributed by atoms with E-state index in [4.69, 9.17) is 4.52 Å². The third kappa shape index (κ3) is 1.59. The van der Waals surface area contributed by atoms with Gasteiger partial charge in [-0.3, -0.25) is 0 Å². The van der Waals surface area contributed by atoms with Gasteiger partial charge in [0.1, 0.15) is 0 Å². The fourth-order valence-electron chi connectivity index (χ4n) is 1.34. The number of benzene rings is 1. The number of hydrogen-bond donors (Lipinski definition) is 1. The van der Waals surface area contributed by atoms with E-state index < -0.39 is 0 Å². The molecule has 0 aliphatic heterocycles. The summed E-state index contributed by atoms with van der Waals surface area (Å²) >= 11 is 3.44. The van der Waals surface area contributed by atoms with Crippen LogP contribution in [0.3, 0.4) is 0 Å². The van der Waals surface area contributed by atoms with Crippen LogP contribution in [-0.4, -0.2) is 12.2 Å². The predicted molar refractivity (Wildman–Crippen MR) is 54.5 cm³/mol. The molecule has 68 valence electrons. The first-order chi connectivity index (χ1) is 6.31. The average molecular weight is 241 g/mol. The molecule has 2 aromatic rings. The second-order valence-electron chi connectivity index (χ2n) is 2.84. The van der Waals surface area contributed by atoms with Gasteiger partial charge in [0.15, 0.2) is 5.58 Å². The summed E-state index contributed by atoms with van der Waals surface area (Å²) in [5.41, 5.74) is 1.97. The van der Waals surface area contributed by atoms with Gasteiger partial charge in [0, 0.05) is 22.0 Å². The molecule has 1 aromatic heterocycles. The van der Waals surface area contributed by atoms with Gasteiger partial charge < -0.3 is 9.84 Å². The van der Waals surface area contributed by atoms with Gasteiger partial charge in [0.25, 0.3) is 0 Å². The van der Waals surface area contributed by atoms with E-state index in [1.165, 1.54) is 0 Å². The van der Waals surface area contributed by atoms with Crippen molar-refractivity contribution in [1.29, 1.82) is 0 Å². The van der Waals surface area contributed by atoms with Crippen LogP contribution >= 0.6 is 15.9 Å². The van der Waals surface area contributed by atoms with Gasteiger partial charge in [0.05, 0.1) is 6.20 Å². The Bertz CT molecular complexity index is 424. The molecule has 13 heavy (non-hydrogen) atoms. The second-order valence-corrected chi connectivity index (χ2v) is 3.76. The number of fused-ring (bicyclic) bond motifs is 1. The maximum absolute atomic E-state index is 5.15. The maximum atomic E-state index is 5.15. The quantitative estimate of drug-likeness (QED) is 0.876. The van der Waals surface area contributed by atoms with Crippen molar-refractivity contribution in [2.24, 2.45) is 0 Å². The van der Waals surface area contributed by atoms with Crippen molar-refractivity contribution >= 4 is 26.9 Å². The summed E-state index contributed by atoms with van der Waals surface area (Å²) in [6.07, 6.45) is 1.72. The molecular formula is C9H9BrN2O. The highest BCUT2D eigenvalue weighted by atomic mass is 79.9.